The number of hydrogen-bond acceptors (Lipinski definition) is 3. The van der Waals surface area contributed by atoms with E-state index in [2.05, 4.69) is 54.7 Å². The van der Waals surface area contributed by atoms with Crippen molar-refractivity contribution in [3.63, 3.8) is 0 Å². The second-order valence-electron chi connectivity index (χ2n) is 9.31. The highest BCUT2D eigenvalue weighted by Crippen LogP contribution is 2.36. The van der Waals surface area contributed by atoms with Crippen LogP contribution in [0.15, 0.2) is 49.7 Å². The smallest absolute Gasteiger partial charge is 0.0727 e. The van der Waals surface area contributed by atoms with Crippen molar-refractivity contribution in [2.45, 2.75) is 51.9 Å². The first-order valence-corrected chi connectivity index (χ1v) is 12.5. The first-order chi connectivity index (χ1) is 15.5. The quantitative estimate of drug-likeness (QED) is 0.410. The van der Waals surface area contributed by atoms with E-state index in [4.69, 9.17) is 16.6 Å². The maximum Gasteiger partial charge on any atom is 0.0727 e. The van der Waals surface area contributed by atoms with Crippen LogP contribution in [-0.2, 0) is 12.8 Å². The van der Waals surface area contributed by atoms with Gasteiger partial charge in [0.15, 0.2) is 0 Å². The molecule has 0 amide bonds. The largest absolute Gasteiger partial charge is 0.372 e. The predicted octanol–water partition coefficient (Wildman–Crippen LogP) is 6.86. The minimum Gasteiger partial charge on any atom is -0.372 e. The van der Waals surface area contributed by atoms with Crippen LogP contribution in [0, 0.1) is 5.92 Å². The minimum atomic E-state index is 0.627. The Balaban J connectivity index is 1.50. The molecule has 2 aromatic rings. The number of benzene rings is 1. The molecule has 3 nitrogen and oxygen atoms in total. The van der Waals surface area contributed by atoms with Crippen LogP contribution in [0.4, 0.5) is 0 Å². The molecule has 1 aromatic carbocycles. The van der Waals surface area contributed by atoms with Gasteiger partial charge in [-0.25, -0.2) is 0 Å². The lowest BCUT2D eigenvalue weighted by Crippen LogP contribution is -2.44. The van der Waals surface area contributed by atoms with Crippen molar-refractivity contribution in [3.8, 4) is 0 Å². The summed E-state index contributed by atoms with van der Waals surface area (Å²) >= 11 is 6.84. The molecule has 0 N–H and O–H groups in total. The molecular formula is C28H36ClN3. The number of pyridine rings is 1. The van der Waals surface area contributed by atoms with Gasteiger partial charge < -0.3 is 9.80 Å². The van der Waals surface area contributed by atoms with E-state index < -0.39 is 0 Å². The molecule has 1 aliphatic carbocycles. The topological polar surface area (TPSA) is 19.4 Å². The number of fused-ring (bicyclic) bond motifs is 2. The van der Waals surface area contributed by atoms with E-state index in [1.807, 2.05) is 6.08 Å². The number of piperazine rings is 1. The van der Waals surface area contributed by atoms with Gasteiger partial charge >= 0.3 is 0 Å². The summed E-state index contributed by atoms with van der Waals surface area (Å²) in [5.74, 6) is 0.627. The summed E-state index contributed by atoms with van der Waals surface area (Å²) in [7, 11) is 0. The van der Waals surface area contributed by atoms with Gasteiger partial charge in [0.1, 0.15) is 0 Å². The molecule has 32 heavy (non-hydrogen) atoms. The van der Waals surface area contributed by atoms with Gasteiger partial charge in [-0.1, -0.05) is 56.3 Å². The van der Waals surface area contributed by atoms with Gasteiger partial charge in [-0.05, 0) is 61.6 Å². The van der Waals surface area contributed by atoms with Crippen LogP contribution in [0.25, 0.3) is 16.6 Å². The molecule has 1 fully saturated rings. The van der Waals surface area contributed by atoms with E-state index in [1.165, 1.54) is 29.8 Å². The van der Waals surface area contributed by atoms with Crippen molar-refractivity contribution >= 4 is 28.2 Å². The fourth-order valence-corrected chi connectivity index (χ4v) is 5.45. The number of nitrogens with zero attached hydrogens (tertiary/aromatic N) is 3. The number of halogens is 1. The summed E-state index contributed by atoms with van der Waals surface area (Å²) in [5, 5.41) is 1.94. The number of allylic oxidation sites excluding steroid dienone is 2. The lowest BCUT2D eigenvalue weighted by molar-refractivity contribution is 0.209. The van der Waals surface area contributed by atoms with Crippen LogP contribution >= 0.6 is 11.6 Å². The third-order valence-electron chi connectivity index (χ3n) is 7.15. The standard InChI is InChI=1S/C28H36ClN3/c1-5-7-9-20(3)31-14-16-32(17-15-31)21(4)23-11-13-25-27(19-23)30-26-18-22(8-6-2)10-12-24(26)28(25)29/h6,11,13,19,22H,2-5,7-10,12,14-18H2,1H3. The van der Waals surface area contributed by atoms with Crippen molar-refractivity contribution in [3.05, 3.63) is 71.6 Å². The van der Waals surface area contributed by atoms with E-state index in [-0.39, 0.29) is 0 Å². The maximum absolute atomic E-state index is 6.84. The van der Waals surface area contributed by atoms with Crippen LogP contribution in [0.1, 0.15) is 55.8 Å². The highest BCUT2D eigenvalue weighted by molar-refractivity contribution is 6.36. The SMILES string of the molecule is C=CCC1CCc2c(nc3cc(C(=C)N4CCN(C(=C)CCCC)CC4)ccc3c2Cl)C1. The molecule has 1 aliphatic heterocycles. The average molecular weight is 450 g/mol. The van der Waals surface area contributed by atoms with Crippen molar-refractivity contribution in [1.29, 1.82) is 0 Å². The van der Waals surface area contributed by atoms with Crippen LogP contribution in [0.2, 0.25) is 5.02 Å². The van der Waals surface area contributed by atoms with Gasteiger partial charge in [0, 0.05) is 48.7 Å². The van der Waals surface area contributed by atoms with Crippen molar-refractivity contribution < 1.29 is 0 Å². The van der Waals surface area contributed by atoms with Crippen LogP contribution in [-0.4, -0.2) is 41.0 Å². The number of hydrogen-bond donors (Lipinski definition) is 0. The van der Waals surface area contributed by atoms with Crippen LogP contribution in [0.3, 0.4) is 0 Å². The number of rotatable bonds is 8. The maximum atomic E-state index is 6.84. The van der Waals surface area contributed by atoms with Gasteiger partial charge in [0.2, 0.25) is 0 Å². The lowest BCUT2D eigenvalue weighted by Gasteiger charge is -2.39. The first kappa shape index (κ1) is 22.9. The van der Waals surface area contributed by atoms with Crippen molar-refractivity contribution in [1.82, 2.24) is 14.8 Å². The Bertz CT molecular complexity index is 1020. The Morgan fingerprint density at radius 1 is 1.19 bits per heavy atom. The monoisotopic (exact) mass is 449 g/mol. The molecule has 0 radical (unpaired) electrons. The Labute approximate surface area is 198 Å². The zero-order valence-corrected chi connectivity index (χ0v) is 20.3. The molecule has 0 bridgehead atoms. The highest BCUT2D eigenvalue weighted by atomic mass is 35.5. The number of unbranched alkanes of at least 4 members (excludes halogenated alkanes) is 1. The van der Waals surface area contributed by atoms with E-state index >= 15 is 0 Å². The molecule has 1 atom stereocenters. The molecule has 0 saturated carbocycles. The second kappa shape index (κ2) is 10.1. The Kier molecular flexibility index (Phi) is 7.25. The zero-order chi connectivity index (χ0) is 22.7. The van der Waals surface area contributed by atoms with Gasteiger partial charge in [0.05, 0.1) is 10.5 Å². The van der Waals surface area contributed by atoms with Gasteiger partial charge in [-0.3, -0.25) is 4.98 Å². The summed E-state index contributed by atoms with van der Waals surface area (Å²) in [5.41, 5.74) is 6.89. The van der Waals surface area contributed by atoms with Crippen molar-refractivity contribution in [2.75, 3.05) is 26.2 Å². The van der Waals surface area contributed by atoms with Crippen LogP contribution in [0.5, 0.6) is 0 Å². The summed E-state index contributed by atoms with van der Waals surface area (Å²) < 4.78 is 0. The molecule has 1 saturated heterocycles. The lowest BCUT2D eigenvalue weighted by atomic mass is 9.84. The fourth-order valence-electron chi connectivity index (χ4n) is 5.09. The summed E-state index contributed by atoms with van der Waals surface area (Å²) in [6, 6.07) is 6.46. The molecular weight excluding hydrogens is 414 g/mol. The summed E-state index contributed by atoms with van der Waals surface area (Å²) in [6.45, 7) is 18.9. The molecule has 1 unspecified atom stereocenters. The molecule has 2 aliphatic rings. The zero-order valence-electron chi connectivity index (χ0n) is 19.5. The summed E-state index contributed by atoms with van der Waals surface area (Å²) in [4.78, 5) is 9.89. The fraction of sp³-hybridized carbons (Fsp3) is 0.464. The van der Waals surface area contributed by atoms with E-state index in [9.17, 15) is 0 Å². The normalized spacial score (nSPS) is 18.5. The number of aromatic nitrogens is 1. The second-order valence-corrected chi connectivity index (χ2v) is 9.68. The Morgan fingerprint density at radius 2 is 1.94 bits per heavy atom. The van der Waals surface area contributed by atoms with E-state index in [0.717, 1.165) is 85.5 Å². The predicted molar refractivity (Wildman–Crippen MR) is 138 cm³/mol. The van der Waals surface area contributed by atoms with Crippen LogP contribution < -0.4 is 0 Å². The third-order valence-corrected chi connectivity index (χ3v) is 7.58. The molecule has 4 heteroatoms. The highest BCUT2D eigenvalue weighted by Gasteiger charge is 2.24. The molecule has 0 spiro atoms. The minimum absolute atomic E-state index is 0.627. The van der Waals surface area contributed by atoms with E-state index in [0.29, 0.717) is 5.92 Å². The van der Waals surface area contributed by atoms with E-state index in [1.54, 1.807) is 0 Å². The Hall–Kier alpha value is -2.26. The molecule has 170 valence electrons. The van der Waals surface area contributed by atoms with Crippen molar-refractivity contribution in [2.24, 2.45) is 5.92 Å². The average Bonchev–Trinajstić information content (AvgIpc) is 2.82. The molecule has 2 heterocycles. The third kappa shape index (κ3) is 4.73. The van der Waals surface area contributed by atoms with Gasteiger partial charge in [-0.2, -0.15) is 0 Å². The Morgan fingerprint density at radius 3 is 2.66 bits per heavy atom. The van der Waals surface area contributed by atoms with Gasteiger partial charge in [0.25, 0.3) is 0 Å². The molecule has 1 aromatic heterocycles. The van der Waals surface area contributed by atoms with Gasteiger partial charge in [-0.15, -0.1) is 6.58 Å². The molecule has 4 rings (SSSR count). The summed E-state index contributed by atoms with van der Waals surface area (Å²) in [6.07, 6.45) is 9.78. The first-order valence-electron chi connectivity index (χ1n) is 12.1.